The van der Waals surface area contributed by atoms with Crippen LogP contribution in [0.5, 0.6) is 11.5 Å². The van der Waals surface area contributed by atoms with E-state index in [1.807, 2.05) is 25.1 Å². The fourth-order valence-electron chi connectivity index (χ4n) is 2.51. The van der Waals surface area contributed by atoms with Crippen LogP contribution < -0.4 is 14.8 Å². The highest BCUT2D eigenvalue weighted by atomic mass is 16.5. The molecule has 5 heteroatoms. The second kappa shape index (κ2) is 10.1. The SMILES string of the molecule is CCN(CC)CCNC(=O)C(C)Cc1ccc(OC)c(OC)c1. The molecule has 0 spiro atoms. The van der Waals surface area contributed by atoms with E-state index in [9.17, 15) is 4.79 Å². The first kappa shape index (κ1) is 19.3. The van der Waals surface area contributed by atoms with Crippen molar-refractivity contribution in [1.82, 2.24) is 10.2 Å². The fourth-order valence-corrected chi connectivity index (χ4v) is 2.51. The topological polar surface area (TPSA) is 50.8 Å². The van der Waals surface area contributed by atoms with E-state index in [1.165, 1.54) is 0 Å². The Morgan fingerprint density at radius 3 is 2.39 bits per heavy atom. The van der Waals surface area contributed by atoms with E-state index in [1.54, 1.807) is 14.2 Å². The molecule has 130 valence electrons. The summed E-state index contributed by atoms with van der Waals surface area (Å²) in [4.78, 5) is 14.5. The number of carbonyl (C=O) groups is 1. The van der Waals surface area contributed by atoms with Crippen LogP contribution >= 0.6 is 0 Å². The van der Waals surface area contributed by atoms with Gasteiger partial charge in [0.05, 0.1) is 14.2 Å². The summed E-state index contributed by atoms with van der Waals surface area (Å²) in [5.41, 5.74) is 1.06. The number of amides is 1. The van der Waals surface area contributed by atoms with E-state index in [2.05, 4.69) is 24.1 Å². The first-order valence-electron chi connectivity index (χ1n) is 8.26. The Balaban J connectivity index is 2.51. The van der Waals surface area contributed by atoms with Crippen molar-refractivity contribution in [3.8, 4) is 11.5 Å². The first-order chi connectivity index (χ1) is 11.0. The summed E-state index contributed by atoms with van der Waals surface area (Å²) in [5, 5.41) is 3.02. The van der Waals surface area contributed by atoms with Crippen LogP contribution in [0.2, 0.25) is 0 Å². The predicted molar refractivity (Wildman–Crippen MR) is 93.2 cm³/mol. The van der Waals surface area contributed by atoms with E-state index < -0.39 is 0 Å². The third kappa shape index (κ3) is 6.10. The van der Waals surface area contributed by atoms with E-state index >= 15 is 0 Å². The Morgan fingerprint density at radius 2 is 1.83 bits per heavy atom. The quantitative estimate of drug-likeness (QED) is 0.718. The Hall–Kier alpha value is -1.75. The van der Waals surface area contributed by atoms with Crippen LogP contribution in [0.25, 0.3) is 0 Å². The zero-order valence-corrected chi connectivity index (χ0v) is 15.0. The molecule has 0 aliphatic carbocycles. The molecule has 5 nitrogen and oxygen atoms in total. The normalized spacial score (nSPS) is 12.1. The molecule has 1 rings (SSSR count). The van der Waals surface area contributed by atoms with Gasteiger partial charge in [-0.1, -0.05) is 26.8 Å². The smallest absolute Gasteiger partial charge is 0.223 e. The van der Waals surface area contributed by atoms with Crippen molar-refractivity contribution in [2.45, 2.75) is 27.2 Å². The van der Waals surface area contributed by atoms with Crippen molar-refractivity contribution in [3.63, 3.8) is 0 Å². The number of methoxy groups -OCH3 is 2. The van der Waals surface area contributed by atoms with Gasteiger partial charge in [0.25, 0.3) is 0 Å². The molecular formula is C18H30N2O3. The standard InChI is InChI=1S/C18H30N2O3/c1-6-20(7-2)11-10-19-18(21)14(3)12-15-8-9-16(22-4)17(13-15)23-5/h8-9,13-14H,6-7,10-12H2,1-5H3,(H,19,21). The van der Waals surface area contributed by atoms with Gasteiger partial charge in [-0.2, -0.15) is 0 Å². The lowest BCUT2D eigenvalue weighted by atomic mass is 10.00. The number of rotatable bonds is 10. The number of likely N-dealkylation sites (N-methyl/N-ethyl adjacent to an activating group) is 1. The molecule has 1 atom stereocenters. The molecule has 23 heavy (non-hydrogen) atoms. The number of benzene rings is 1. The molecule has 1 aromatic rings. The van der Waals surface area contributed by atoms with Crippen LogP contribution in [-0.4, -0.2) is 51.2 Å². The summed E-state index contributed by atoms with van der Waals surface area (Å²) < 4.78 is 10.5. The van der Waals surface area contributed by atoms with Gasteiger partial charge in [0.15, 0.2) is 11.5 Å². The fraction of sp³-hybridized carbons (Fsp3) is 0.611. The second-order valence-corrected chi connectivity index (χ2v) is 5.61. The van der Waals surface area contributed by atoms with Gasteiger partial charge < -0.3 is 19.7 Å². The summed E-state index contributed by atoms with van der Waals surface area (Å²) in [7, 11) is 3.23. The van der Waals surface area contributed by atoms with Crippen molar-refractivity contribution in [1.29, 1.82) is 0 Å². The largest absolute Gasteiger partial charge is 0.493 e. The minimum Gasteiger partial charge on any atom is -0.493 e. The van der Waals surface area contributed by atoms with E-state index in [0.29, 0.717) is 24.5 Å². The van der Waals surface area contributed by atoms with Crippen LogP contribution in [0.15, 0.2) is 18.2 Å². The average molecular weight is 322 g/mol. The Labute approximate surface area is 140 Å². The first-order valence-corrected chi connectivity index (χ1v) is 8.26. The lowest BCUT2D eigenvalue weighted by molar-refractivity contribution is -0.124. The number of nitrogens with one attached hydrogen (secondary N) is 1. The molecule has 0 saturated heterocycles. The highest BCUT2D eigenvalue weighted by Gasteiger charge is 2.15. The van der Waals surface area contributed by atoms with Gasteiger partial charge in [-0.3, -0.25) is 4.79 Å². The molecule has 1 unspecified atom stereocenters. The molecule has 0 fully saturated rings. The monoisotopic (exact) mass is 322 g/mol. The van der Waals surface area contributed by atoms with Crippen LogP contribution in [0.1, 0.15) is 26.3 Å². The van der Waals surface area contributed by atoms with Crippen LogP contribution in [0, 0.1) is 5.92 Å². The van der Waals surface area contributed by atoms with Gasteiger partial charge in [-0.05, 0) is 37.2 Å². The van der Waals surface area contributed by atoms with Crippen LogP contribution in [0.4, 0.5) is 0 Å². The summed E-state index contributed by atoms with van der Waals surface area (Å²) in [5.74, 6) is 1.41. The van der Waals surface area contributed by atoms with Gasteiger partial charge in [-0.15, -0.1) is 0 Å². The van der Waals surface area contributed by atoms with Crippen molar-refractivity contribution in [2.24, 2.45) is 5.92 Å². The van der Waals surface area contributed by atoms with Gasteiger partial charge in [-0.25, -0.2) is 0 Å². The summed E-state index contributed by atoms with van der Waals surface area (Å²) >= 11 is 0. The Kier molecular flexibility index (Phi) is 8.48. The van der Waals surface area contributed by atoms with E-state index in [4.69, 9.17) is 9.47 Å². The molecule has 1 amide bonds. The molecular weight excluding hydrogens is 292 g/mol. The number of hydrogen-bond acceptors (Lipinski definition) is 4. The maximum absolute atomic E-state index is 12.2. The Bertz CT molecular complexity index is 487. The molecule has 0 aromatic heterocycles. The van der Waals surface area contributed by atoms with Gasteiger partial charge in [0, 0.05) is 19.0 Å². The summed E-state index contributed by atoms with van der Waals surface area (Å²) in [6.07, 6.45) is 0.678. The molecule has 0 saturated carbocycles. The van der Waals surface area contributed by atoms with Crippen molar-refractivity contribution >= 4 is 5.91 Å². The van der Waals surface area contributed by atoms with E-state index in [-0.39, 0.29) is 11.8 Å². The summed E-state index contributed by atoms with van der Waals surface area (Å²) in [6, 6.07) is 5.78. The lowest BCUT2D eigenvalue weighted by Gasteiger charge is -2.19. The molecule has 0 radical (unpaired) electrons. The number of nitrogens with zero attached hydrogens (tertiary/aromatic N) is 1. The third-order valence-corrected chi connectivity index (χ3v) is 4.06. The number of ether oxygens (including phenoxy) is 2. The lowest BCUT2D eigenvalue weighted by Crippen LogP contribution is -2.37. The van der Waals surface area contributed by atoms with Crippen LogP contribution in [0.3, 0.4) is 0 Å². The van der Waals surface area contributed by atoms with Crippen LogP contribution in [-0.2, 0) is 11.2 Å². The zero-order valence-electron chi connectivity index (χ0n) is 15.0. The number of hydrogen-bond donors (Lipinski definition) is 1. The zero-order chi connectivity index (χ0) is 17.2. The molecule has 0 aliphatic rings. The predicted octanol–water partition coefficient (Wildman–Crippen LogP) is 2.34. The second-order valence-electron chi connectivity index (χ2n) is 5.61. The molecule has 0 bridgehead atoms. The van der Waals surface area contributed by atoms with Gasteiger partial charge in [0.1, 0.15) is 0 Å². The minimum atomic E-state index is -0.0789. The van der Waals surface area contributed by atoms with Gasteiger partial charge in [0.2, 0.25) is 5.91 Å². The van der Waals surface area contributed by atoms with E-state index in [0.717, 1.165) is 25.2 Å². The Morgan fingerprint density at radius 1 is 1.17 bits per heavy atom. The minimum absolute atomic E-state index is 0.0789. The molecule has 1 N–H and O–H groups in total. The molecule has 1 aromatic carbocycles. The third-order valence-electron chi connectivity index (χ3n) is 4.06. The maximum atomic E-state index is 12.2. The van der Waals surface area contributed by atoms with Gasteiger partial charge >= 0.3 is 0 Å². The highest BCUT2D eigenvalue weighted by Crippen LogP contribution is 2.28. The molecule has 0 heterocycles. The average Bonchev–Trinajstić information content (AvgIpc) is 2.58. The van der Waals surface area contributed by atoms with Crippen molar-refractivity contribution in [3.05, 3.63) is 23.8 Å². The molecule has 0 aliphatic heterocycles. The number of carbonyl (C=O) groups excluding carboxylic acids is 1. The highest BCUT2D eigenvalue weighted by molar-refractivity contribution is 5.78. The van der Waals surface area contributed by atoms with Crippen molar-refractivity contribution < 1.29 is 14.3 Å². The van der Waals surface area contributed by atoms with Crippen molar-refractivity contribution in [2.75, 3.05) is 40.4 Å². The maximum Gasteiger partial charge on any atom is 0.223 e. The summed E-state index contributed by atoms with van der Waals surface area (Å²) in [6.45, 7) is 9.80.